The number of hydrogen-bond donors (Lipinski definition) is 0. The second-order valence-electron chi connectivity index (χ2n) is 4.50. The standard InChI is InChI=1S/C17H12O2S/c1-19-15-10-14(18)16-12(11-6-3-2-4-7-11)8-5-9-13(16)17(15)20/h2-10H,1H3. The Morgan fingerprint density at radius 3 is 2.35 bits per heavy atom. The topological polar surface area (TPSA) is 26.3 Å². The highest BCUT2D eigenvalue weighted by molar-refractivity contribution is 7.81. The fourth-order valence-corrected chi connectivity index (χ4v) is 2.72. The van der Waals surface area contributed by atoms with E-state index in [9.17, 15) is 4.79 Å². The fraction of sp³-hybridized carbons (Fsp3) is 0.0588. The van der Waals surface area contributed by atoms with Crippen molar-refractivity contribution in [2.45, 2.75) is 0 Å². The zero-order valence-corrected chi connectivity index (χ0v) is 11.7. The Labute approximate surface area is 122 Å². The van der Waals surface area contributed by atoms with E-state index >= 15 is 0 Å². The van der Waals surface area contributed by atoms with Crippen LogP contribution in [-0.4, -0.2) is 17.8 Å². The monoisotopic (exact) mass is 280 g/mol. The van der Waals surface area contributed by atoms with Gasteiger partial charge >= 0.3 is 0 Å². The fourth-order valence-electron chi connectivity index (χ4n) is 2.41. The van der Waals surface area contributed by atoms with Gasteiger partial charge < -0.3 is 4.74 Å². The lowest BCUT2D eigenvalue weighted by Crippen LogP contribution is -2.18. The number of rotatable bonds is 2. The zero-order valence-electron chi connectivity index (χ0n) is 10.9. The van der Waals surface area contributed by atoms with E-state index in [1.54, 1.807) is 0 Å². The van der Waals surface area contributed by atoms with Crippen LogP contribution < -0.4 is 0 Å². The van der Waals surface area contributed by atoms with Crippen molar-refractivity contribution in [2.24, 2.45) is 0 Å². The van der Waals surface area contributed by atoms with Crippen molar-refractivity contribution < 1.29 is 9.53 Å². The van der Waals surface area contributed by atoms with Gasteiger partial charge in [-0.25, -0.2) is 0 Å². The van der Waals surface area contributed by atoms with E-state index in [1.807, 2.05) is 48.5 Å². The van der Waals surface area contributed by atoms with Gasteiger partial charge in [0.15, 0.2) is 5.78 Å². The molecule has 3 heteroatoms. The van der Waals surface area contributed by atoms with Gasteiger partial charge in [0, 0.05) is 17.2 Å². The SMILES string of the molecule is COC1=CC(=O)c2c(cccc2-c2ccccc2)C1=S. The Morgan fingerprint density at radius 1 is 0.950 bits per heavy atom. The first-order valence-electron chi connectivity index (χ1n) is 6.25. The molecule has 0 radical (unpaired) electrons. The van der Waals surface area contributed by atoms with Crippen LogP contribution in [0, 0.1) is 0 Å². The average molecular weight is 280 g/mol. The Bertz CT molecular complexity index is 730. The van der Waals surface area contributed by atoms with Crippen LogP contribution >= 0.6 is 12.2 Å². The molecule has 2 nitrogen and oxygen atoms in total. The number of methoxy groups -OCH3 is 1. The largest absolute Gasteiger partial charge is 0.495 e. The molecule has 1 aliphatic carbocycles. The minimum atomic E-state index is -0.0649. The molecule has 3 rings (SSSR count). The van der Waals surface area contributed by atoms with Crippen LogP contribution in [0.25, 0.3) is 11.1 Å². The zero-order chi connectivity index (χ0) is 14.1. The number of allylic oxidation sites excluding steroid dienone is 2. The summed E-state index contributed by atoms with van der Waals surface area (Å²) in [5, 5.41) is 0. The highest BCUT2D eigenvalue weighted by Crippen LogP contribution is 2.31. The molecule has 0 N–H and O–H groups in total. The van der Waals surface area contributed by atoms with E-state index in [0.29, 0.717) is 16.2 Å². The van der Waals surface area contributed by atoms with Crippen LogP contribution in [0.15, 0.2) is 60.4 Å². The number of thiocarbonyl (C=S) groups is 1. The predicted octanol–water partition coefficient (Wildman–Crippen LogP) is 3.80. The third-order valence-corrected chi connectivity index (χ3v) is 3.77. The molecule has 0 saturated heterocycles. The van der Waals surface area contributed by atoms with Crippen molar-refractivity contribution in [3.05, 3.63) is 71.5 Å². The first-order chi connectivity index (χ1) is 9.72. The summed E-state index contributed by atoms with van der Waals surface area (Å²) in [6.45, 7) is 0. The van der Waals surface area contributed by atoms with Crippen molar-refractivity contribution >= 4 is 22.9 Å². The molecule has 98 valence electrons. The molecule has 0 aliphatic heterocycles. The van der Waals surface area contributed by atoms with Gasteiger partial charge in [-0.1, -0.05) is 60.7 Å². The molecular weight excluding hydrogens is 268 g/mol. The lowest BCUT2D eigenvalue weighted by molar-refractivity contribution is 0.104. The molecule has 0 fully saturated rings. The summed E-state index contributed by atoms with van der Waals surface area (Å²) in [5.41, 5.74) is 3.34. The maximum atomic E-state index is 12.4. The molecule has 0 atom stereocenters. The van der Waals surface area contributed by atoms with Crippen molar-refractivity contribution in [3.8, 4) is 11.1 Å². The number of ether oxygens (including phenoxy) is 1. The van der Waals surface area contributed by atoms with Crippen LogP contribution in [0.3, 0.4) is 0 Å². The van der Waals surface area contributed by atoms with Crippen LogP contribution in [0.5, 0.6) is 0 Å². The summed E-state index contributed by atoms with van der Waals surface area (Å²) in [7, 11) is 1.53. The third-order valence-electron chi connectivity index (χ3n) is 3.35. The Balaban J connectivity index is 2.24. The van der Waals surface area contributed by atoms with E-state index < -0.39 is 0 Å². The van der Waals surface area contributed by atoms with Gasteiger partial charge in [0.25, 0.3) is 0 Å². The normalized spacial score (nSPS) is 13.8. The number of hydrogen-bond acceptors (Lipinski definition) is 3. The van der Waals surface area contributed by atoms with Gasteiger partial charge in [-0.15, -0.1) is 0 Å². The molecular formula is C17H12O2S. The Morgan fingerprint density at radius 2 is 1.65 bits per heavy atom. The summed E-state index contributed by atoms with van der Waals surface area (Å²) in [5.74, 6) is 0.396. The smallest absolute Gasteiger partial charge is 0.190 e. The molecule has 2 aromatic rings. The minimum Gasteiger partial charge on any atom is -0.495 e. The number of ketones is 1. The molecule has 1 aliphatic rings. The van der Waals surface area contributed by atoms with Crippen LogP contribution in [0.4, 0.5) is 0 Å². The van der Waals surface area contributed by atoms with Crippen LogP contribution in [0.2, 0.25) is 0 Å². The van der Waals surface area contributed by atoms with Crippen LogP contribution in [-0.2, 0) is 4.74 Å². The average Bonchev–Trinajstić information content (AvgIpc) is 2.51. The first-order valence-corrected chi connectivity index (χ1v) is 6.66. The highest BCUT2D eigenvalue weighted by Gasteiger charge is 2.25. The summed E-state index contributed by atoms with van der Waals surface area (Å²) < 4.78 is 5.18. The molecule has 0 unspecified atom stereocenters. The third kappa shape index (κ3) is 1.96. The number of carbonyl (C=O) groups excluding carboxylic acids is 1. The molecule has 2 aromatic carbocycles. The van der Waals surface area contributed by atoms with E-state index in [-0.39, 0.29) is 5.78 Å². The van der Waals surface area contributed by atoms with Gasteiger partial charge in [-0.05, 0) is 11.1 Å². The lowest BCUT2D eigenvalue weighted by Gasteiger charge is -2.19. The summed E-state index contributed by atoms with van der Waals surface area (Å²) in [6.07, 6.45) is 1.47. The van der Waals surface area contributed by atoms with E-state index in [2.05, 4.69) is 0 Å². The summed E-state index contributed by atoms with van der Waals surface area (Å²) in [4.78, 5) is 13.0. The highest BCUT2D eigenvalue weighted by atomic mass is 32.1. The van der Waals surface area contributed by atoms with Crippen molar-refractivity contribution in [3.63, 3.8) is 0 Å². The Hall–Kier alpha value is -2.26. The molecule has 0 saturated carbocycles. The maximum Gasteiger partial charge on any atom is 0.190 e. The van der Waals surface area contributed by atoms with Crippen molar-refractivity contribution in [1.29, 1.82) is 0 Å². The van der Waals surface area contributed by atoms with E-state index in [4.69, 9.17) is 17.0 Å². The minimum absolute atomic E-state index is 0.0649. The number of benzene rings is 2. The van der Waals surface area contributed by atoms with E-state index in [0.717, 1.165) is 16.7 Å². The summed E-state index contributed by atoms with van der Waals surface area (Å²) in [6, 6.07) is 15.6. The molecule has 0 amide bonds. The predicted molar refractivity (Wildman–Crippen MR) is 83.0 cm³/mol. The van der Waals surface area contributed by atoms with Gasteiger partial charge in [0.2, 0.25) is 0 Å². The first kappa shape index (κ1) is 12.8. The van der Waals surface area contributed by atoms with Gasteiger partial charge in [0.1, 0.15) is 5.76 Å². The second-order valence-corrected chi connectivity index (χ2v) is 4.91. The molecule has 0 heterocycles. The second kappa shape index (κ2) is 5.02. The molecule has 0 spiro atoms. The molecule has 0 bridgehead atoms. The maximum absolute atomic E-state index is 12.4. The van der Waals surface area contributed by atoms with Gasteiger partial charge in [-0.3, -0.25) is 4.79 Å². The molecule has 20 heavy (non-hydrogen) atoms. The lowest BCUT2D eigenvalue weighted by atomic mass is 9.87. The molecule has 0 aromatic heterocycles. The van der Waals surface area contributed by atoms with Gasteiger partial charge in [0.05, 0.1) is 12.0 Å². The van der Waals surface area contributed by atoms with Gasteiger partial charge in [-0.2, -0.15) is 0 Å². The van der Waals surface area contributed by atoms with Crippen molar-refractivity contribution in [1.82, 2.24) is 0 Å². The van der Waals surface area contributed by atoms with E-state index in [1.165, 1.54) is 13.2 Å². The van der Waals surface area contributed by atoms with Crippen LogP contribution in [0.1, 0.15) is 15.9 Å². The quantitative estimate of drug-likeness (QED) is 0.783. The Kier molecular flexibility index (Phi) is 3.20. The number of carbonyl (C=O) groups is 1. The van der Waals surface area contributed by atoms with Crippen molar-refractivity contribution in [2.75, 3.05) is 7.11 Å². The summed E-state index contributed by atoms with van der Waals surface area (Å²) >= 11 is 5.40. The number of fused-ring (bicyclic) bond motifs is 1.